The highest BCUT2D eigenvalue weighted by molar-refractivity contribution is 9.10. The van der Waals surface area contributed by atoms with Crippen LogP contribution in [0.5, 0.6) is 0 Å². The Balaban J connectivity index is 2.46. The van der Waals surface area contributed by atoms with Gasteiger partial charge in [0, 0.05) is 10.7 Å². The van der Waals surface area contributed by atoms with Gasteiger partial charge in [0.05, 0.1) is 11.3 Å². The monoisotopic (exact) mass is 349 g/mol. The first kappa shape index (κ1) is 14.6. The average Bonchev–Trinajstić information content (AvgIpc) is 2.45. The van der Waals surface area contributed by atoms with E-state index in [0.29, 0.717) is 11.9 Å². The molecule has 0 aromatic heterocycles. The first-order chi connectivity index (χ1) is 9.41. The Labute approximate surface area is 118 Å². The highest BCUT2D eigenvalue weighted by Crippen LogP contribution is 2.23. The molecule has 0 spiro atoms. The molecule has 20 heavy (non-hydrogen) atoms. The van der Waals surface area contributed by atoms with Gasteiger partial charge < -0.3 is 0 Å². The molecule has 104 valence electrons. The van der Waals surface area contributed by atoms with Gasteiger partial charge >= 0.3 is 0 Å². The lowest BCUT2D eigenvalue weighted by atomic mass is 10.2. The summed E-state index contributed by atoms with van der Waals surface area (Å²) < 4.78 is 66.2. The van der Waals surface area contributed by atoms with Gasteiger partial charge in [-0.3, -0.25) is 4.99 Å². The van der Waals surface area contributed by atoms with Crippen LogP contribution in [0, 0.1) is 29.1 Å². The van der Waals surface area contributed by atoms with E-state index in [4.69, 9.17) is 0 Å². The lowest BCUT2D eigenvalue weighted by molar-refractivity contribution is 0.377. The quantitative estimate of drug-likeness (QED) is 0.316. The molecule has 0 N–H and O–H groups in total. The molecule has 0 heterocycles. The summed E-state index contributed by atoms with van der Waals surface area (Å²) in [6, 6.07) is 6.25. The van der Waals surface area contributed by atoms with Crippen molar-refractivity contribution in [3.63, 3.8) is 0 Å². The second kappa shape index (κ2) is 5.70. The second-order valence-electron chi connectivity index (χ2n) is 3.72. The van der Waals surface area contributed by atoms with Crippen molar-refractivity contribution in [2.24, 2.45) is 4.99 Å². The first-order valence-corrected chi connectivity index (χ1v) is 6.02. The summed E-state index contributed by atoms with van der Waals surface area (Å²) in [7, 11) is 0. The van der Waals surface area contributed by atoms with E-state index < -0.39 is 34.6 Å². The predicted molar refractivity (Wildman–Crippen MR) is 67.6 cm³/mol. The normalized spacial score (nSPS) is 11.3. The number of hydrogen-bond donors (Lipinski definition) is 0. The van der Waals surface area contributed by atoms with Crippen LogP contribution >= 0.6 is 15.9 Å². The highest BCUT2D eigenvalue weighted by atomic mass is 79.9. The van der Waals surface area contributed by atoms with E-state index in [9.17, 15) is 22.0 Å². The molecule has 0 fully saturated rings. The van der Waals surface area contributed by atoms with Gasteiger partial charge in [-0.25, -0.2) is 22.0 Å². The molecule has 0 amide bonds. The maximum absolute atomic E-state index is 13.3. The van der Waals surface area contributed by atoms with E-state index in [2.05, 4.69) is 20.9 Å². The van der Waals surface area contributed by atoms with Crippen molar-refractivity contribution in [3.8, 4) is 0 Å². The van der Waals surface area contributed by atoms with Crippen LogP contribution in [0.1, 0.15) is 5.56 Å². The molecule has 0 bridgehead atoms. The molecule has 0 atom stereocenters. The fraction of sp³-hybridized carbons (Fsp3) is 0. The van der Waals surface area contributed by atoms with Crippen molar-refractivity contribution < 1.29 is 22.0 Å². The Bertz CT molecular complexity index is 653. The lowest BCUT2D eigenvalue weighted by Gasteiger charge is -2.03. The third-order valence-corrected chi connectivity index (χ3v) is 2.94. The molecular formula is C13H5BrF5N. The molecule has 0 saturated heterocycles. The number of aliphatic imine (C=N–C) groups is 1. The molecule has 2 rings (SSSR count). The smallest absolute Gasteiger partial charge is 0.200 e. The van der Waals surface area contributed by atoms with E-state index in [1.54, 1.807) is 12.1 Å². The van der Waals surface area contributed by atoms with Gasteiger partial charge in [-0.05, 0) is 24.3 Å². The van der Waals surface area contributed by atoms with Gasteiger partial charge in [0.25, 0.3) is 0 Å². The zero-order valence-electron chi connectivity index (χ0n) is 9.60. The second-order valence-corrected chi connectivity index (χ2v) is 4.63. The van der Waals surface area contributed by atoms with Gasteiger partial charge in [-0.2, -0.15) is 0 Å². The van der Waals surface area contributed by atoms with Crippen LogP contribution in [-0.2, 0) is 0 Å². The number of nitrogens with zero attached hydrogens (tertiary/aromatic N) is 1. The van der Waals surface area contributed by atoms with Gasteiger partial charge in [-0.1, -0.05) is 15.9 Å². The molecule has 0 saturated carbocycles. The largest absolute Gasteiger partial charge is 0.256 e. The zero-order chi connectivity index (χ0) is 14.9. The van der Waals surface area contributed by atoms with Gasteiger partial charge in [0.2, 0.25) is 5.82 Å². The van der Waals surface area contributed by atoms with Crippen LogP contribution in [0.25, 0.3) is 0 Å². The number of rotatable bonds is 2. The van der Waals surface area contributed by atoms with Crippen LogP contribution in [-0.4, -0.2) is 6.21 Å². The standard InChI is InChI=1S/C13H5BrF5N/c14-6-1-3-7(4-2-6)20-5-8-9(15)11(17)13(19)12(18)10(8)16/h1-5H. The molecule has 2 aromatic carbocycles. The highest BCUT2D eigenvalue weighted by Gasteiger charge is 2.24. The van der Waals surface area contributed by atoms with Crippen LogP contribution in [0.3, 0.4) is 0 Å². The Kier molecular flexibility index (Phi) is 4.17. The summed E-state index contributed by atoms with van der Waals surface area (Å²) in [5, 5.41) is 0. The Morgan fingerprint density at radius 1 is 0.750 bits per heavy atom. The molecule has 0 aliphatic heterocycles. The van der Waals surface area contributed by atoms with E-state index >= 15 is 0 Å². The van der Waals surface area contributed by atoms with Crippen LogP contribution in [0.2, 0.25) is 0 Å². The zero-order valence-corrected chi connectivity index (χ0v) is 11.2. The fourth-order valence-electron chi connectivity index (χ4n) is 1.40. The lowest BCUT2D eigenvalue weighted by Crippen LogP contribution is -2.06. The third kappa shape index (κ3) is 2.72. The third-order valence-electron chi connectivity index (χ3n) is 2.41. The van der Waals surface area contributed by atoms with Crippen molar-refractivity contribution >= 4 is 27.8 Å². The Morgan fingerprint density at radius 3 is 1.70 bits per heavy atom. The number of hydrogen-bond acceptors (Lipinski definition) is 1. The van der Waals surface area contributed by atoms with E-state index in [-0.39, 0.29) is 0 Å². The predicted octanol–water partition coefficient (Wildman–Crippen LogP) is 4.90. The summed E-state index contributed by atoms with van der Waals surface area (Å²) in [5.41, 5.74) is -0.776. The maximum Gasteiger partial charge on any atom is 0.200 e. The topological polar surface area (TPSA) is 12.4 Å². The Morgan fingerprint density at radius 2 is 1.20 bits per heavy atom. The van der Waals surface area contributed by atoms with E-state index in [0.717, 1.165) is 4.47 Å². The minimum absolute atomic E-state index is 0.303. The average molecular weight is 350 g/mol. The van der Waals surface area contributed by atoms with Crippen molar-refractivity contribution in [1.29, 1.82) is 0 Å². The van der Waals surface area contributed by atoms with Crippen LogP contribution in [0.4, 0.5) is 27.6 Å². The SMILES string of the molecule is Fc1c(F)c(F)c(C=Nc2ccc(Br)cc2)c(F)c1F. The van der Waals surface area contributed by atoms with Crippen molar-refractivity contribution in [3.05, 3.63) is 63.4 Å². The van der Waals surface area contributed by atoms with Gasteiger partial charge in [0.15, 0.2) is 23.3 Å². The van der Waals surface area contributed by atoms with E-state index in [1.807, 2.05) is 0 Å². The molecule has 0 aliphatic carbocycles. The van der Waals surface area contributed by atoms with Crippen LogP contribution < -0.4 is 0 Å². The summed E-state index contributed by atoms with van der Waals surface area (Å²) in [6.45, 7) is 0. The summed E-state index contributed by atoms with van der Waals surface area (Å²) in [6.07, 6.45) is 0.597. The molecule has 1 nitrogen and oxygen atoms in total. The molecular weight excluding hydrogens is 345 g/mol. The van der Waals surface area contributed by atoms with Gasteiger partial charge in [0.1, 0.15) is 0 Å². The molecule has 0 aliphatic rings. The van der Waals surface area contributed by atoms with E-state index in [1.165, 1.54) is 12.1 Å². The van der Waals surface area contributed by atoms with Crippen molar-refractivity contribution in [2.75, 3.05) is 0 Å². The number of halogens is 6. The van der Waals surface area contributed by atoms with Crippen LogP contribution in [0.15, 0.2) is 33.7 Å². The molecule has 7 heteroatoms. The molecule has 0 unspecified atom stereocenters. The summed E-state index contributed by atoms with van der Waals surface area (Å²) >= 11 is 3.18. The minimum Gasteiger partial charge on any atom is -0.256 e. The first-order valence-electron chi connectivity index (χ1n) is 5.23. The van der Waals surface area contributed by atoms with Crippen molar-refractivity contribution in [1.82, 2.24) is 0 Å². The fourth-order valence-corrected chi connectivity index (χ4v) is 1.67. The summed E-state index contributed by atoms with van der Waals surface area (Å²) in [4.78, 5) is 3.67. The molecule has 2 aromatic rings. The van der Waals surface area contributed by atoms with Gasteiger partial charge in [-0.15, -0.1) is 0 Å². The molecule has 0 radical (unpaired) electrons. The minimum atomic E-state index is -2.19. The van der Waals surface area contributed by atoms with Crippen molar-refractivity contribution in [2.45, 2.75) is 0 Å². The maximum atomic E-state index is 13.3. The Hall–Kier alpha value is -1.76. The summed E-state index contributed by atoms with van der Waals surface area (Å²) in [5.74, 6) is -10.0. The number of benzene rings is 2.